The molecule has 1 aliphatic heterocycles. The van der Waals surface area contributed by atoms with E-state index in [2.05, 4.69) is 21.7 Å². The normalized spacial score (nSPS) is 15.8. The van der Waals surface area contributed by atoms with E-state index in [1.807, 2.05) is 24.3 Å². The summed E-state index contributed by atoms with van der Waals surface area (Å²) < 4.78 is 5.63. The number of benzene rings is 1. The van der Waals surface area contributed by atoms with Crippen molar-refractivity contribution in [2.24, 2.45) is 0 Å². The first-order valence-corrected chi connectivity index (χ1v) is 7.40. The van der Waals surface area contributed by atoms with E-state index in [1.54, 1.807) is 18.3 Å². The lowest BCUT2D eigenvalue weighted by atomic mass is 10.1. The van der Waals surface area contributed by atoms with Crippen molar-refractivity contribution in [2.75, 3.05) is 11.9 Å². The molecule has 0 bridgehead atoms. The third-order valence-corrected chi connectivity index (χ3v) is 3.50. The predicted molar refractivity (Wildman–Crippen MR) is 84.9 cm³/mol. The minimum atomic E-state index is -0.354. The molecule has 6 heteroatoms. The molecule has 1 aromatic heterocycles. The van der Waals surface area contributed by atoms with Crippen LogP contribution in [-0.2, 0) is 0 Å². The molecule has 3 rings (SSSR count). The maximum Gasteiger partial charge on any atom is 0.256 e. The Bertz CT molecular complexity index is 754. The summed E-state index contributed by atoms with van der Waals surface area (Å²) in [5.74, 6) is 1.13. The summed E-state index contributed by atoms with van der Waals surface area (Å²) >= 11 is 0. The second-order valence-corrected chi connectivity index (χ2v) is 5.13. The smallest absolute Gasteiger partial charge is 0.256 e. The van der Waals surface area contributed by atoms with Gasteiger partial charge >= 0.3 is 0 Å². The average Bonchev–Trinajstić information content (AvgIpc) is 2.59. The molecule has 1 aliphatic rings. The number of fused-ring (bicyclic) bond motifs is 1. The molecular formula is C17H16N4O2. The van der Waals surface area contributed by atoms with Crippen molar-refractivity contribution in [1.29, 1.82) is 5.26 Å². The largest absolute Gasteiger partial charge is 0.494 e. The number of rotatable bonds is 5. The van der Waals surface area contributed by atoms with Crippen LogP contribution in [0.15, 0.2) is 42.6 Å². The molecule has 116 valence electrons. The van der Waals surface area contributed by atoms with Gasteiger partial charge in [0.15, 0.2) is 0 Å². The first-order chi connectivity index (χ1) is 11.3. The predicted octanol–water partition coefficient (Wildman–Crippen LogP) is 2.62. The first-order valence-electron chi connectivity index (χ1n) is 7.40. The van der Waals surface area contributed by atoms with Gasteiger partial charge in [-0.1, -0.05) is 12.1 Å². The lowest BCUT2D eigenvalue weighted by Gasteiger charge is -2.27. The Morgan fingerprint density at radius 1 is 1.26 bits per heavy atom. The van der Waals surface area contributed by atoms with E-state index < -0.39 is 0 Å². The number of hydrogen-bond donors (Lipinski definition) is 2. The quantitative estimate of drug-likeness (QED) is 0.829. The highest BCUT2D eigenvalue weighted by Gasteiger charge is 2.25. The Hall–Kier alpha value is -3.07. The number of nitrogens with zero attached hydrogens (tertiary/aromatic N) is 2. The van der Waals surface area contributed by atoms with Crippen LogP contribution in [0, 0.1) is 11.3 Å². The van der Waals surface area contributed by atoms with Crippen molar-refractivity contribution in [3.8, 4) is 11.8 Å². The van der Waals surface area contributed by atoms with Gasteiger partial charge < -0.3 is 15.4 Å². The second-order valence-electron chi connectivity index (χ2n) is 5.13. The summed E-state index contributed by atoms with van der Waals surface area (Å²) in [6.45, 7) is 0.492. The molecule has 2 heterocycles. The van der Waals surface area contributed by atoms with Gasteiger partial charge in [-0.15, -0.1) is 0 Å². The van der Waals surface area contributed by atoms with Crippen LogP contribution in [0.1, 0.15) is 34.9 Å². The van der Waals surface area contributed by atoms with Crippen LogP contribution < -0.4 is 15.4 Å². The molecule has 0 spiro atoms. The molecule has 2 N–H and O–H groups in total. The minimum Gasteiger partial charge on any atom is -0.494 e. The highest BCUT2D eigenvalue weighted by molar-refractivity contribution is 6.00. The van der Waals surface area contributed by atoms with Crippen molar-refractivity contribution < 1.29 is 9.53 Å². The summed E-state index contributed by atoms with van der Waals surface area (Å²) in [5.41, 5.74) is 1.42. The van der Waals surface area contributed by atoms with E-state index >= 15 is 0 Å². The number of aromatic nitrogens is 1. The zero-order valence-corrected chi connectivity index (χ0v) is 12.5. The Balaban J connectivity index is 1.73. The van der Waals surface area contributed by atoms with Crippen LogP contribution >= 0.6 is 0 Å². The fourth-order valence-corrected chi connectivity index (χ4v) is 2.38. The molecule has 2 aromatic rings. The number of carbonyl (C=O) groups excluding carboxylic acids is 1. The maximum absolute atomic E-state index is 12.1. The van der Waals surface area contributed by atoms with E-state index in [-0.39, 0.29) is 12.1 Å². The van der Waals surface area contributed by atoms with E-state index in [0.29, 0.717) is 36.6 Å². The molecule has 1 amide bonds. The van der Waals surface area contributed by atoms with Gasteiger partial charge in [0.1, 0.15) is 17.7 Å². The summed E-state index contributed by atoms with van der Waals surface area (Å²) in [4.78, 5) is 16.3. The molecule has 0 saturated heterocycles. The number of ether oxygens (including phenoxy) is 1. The van der Waals surface area contributed by atoms with E-state index in [9.17, 15) is 4.79 Å². The number of unbranched alkanes of at least 4 members (excludes halogenated alkanes) is 1. The number of nitrogens with one attached hydrogen (secondary N) is 2. The van der Waals surface area contributed by atoms with E-state index in [4.69, 9.17) is 10.00 Å². The van der Waals surface area contributed by atoms with Crippen molar-refractivity contribution in [2.45, 2.75) is 19.0 Å². The summed E-state index contributed by atoms with van der Waals surface area (Å²) in [5, 5.41) is 14.6. The Kier molecular flexibility index (Phi) is 4.39. The van der Waals surface area contributed by atoms with Crippen LogP contribution in [0.2, 0.25) is 0 Å². The molecule has 6 nitrogen and oxygen atoms in total. The van der Waals surface area contributed by atoms with Gasteiger partial charge in [0.2, 0.25) is 0 Å². The summed E-state index contributed by atoms with van der Waals surface area (Å²) in [6, 6.07) is 13.1. The van der Waals surface area contributed by atoms with Crippen molar-refractivity contribution >= 4 is 11.7 Å². The third-order valence-electron chi connectivity index (χ3n) is 3.50. The Morgan fingerprint density at radius 2 is 2.17 bits per heavy atom. The molecule has 1 atom stereocenters. The number of amides is 1. The molecule has 0 saturated carbocycles. The average molecular weight is 308 g/mol. The number of nitriles is 1. The molecule has 0 aliphatic carbocycles. The number of hydrogen-bond acceptors (Lipinski definition) is 5. The fourth-order valence-electron chi connectivity index (χ4n) is 2.38. The zero-order chi connectivity index (χ0) is 16.1. The number of carbonyl (C=O) groups is 1. The fraction of sp³-hybridized carbons (Fsp3) is 0.235. The summed E-state index contributed by atoms with van der Waals surface area (Å²) in [6.07, 6.45) is 2.46. The van der Waals surface area contributed by atoms with Crippen molar-refractivity contribution in [3.63, 3.8) is 0 Å². The van der Waals surface area contributed by atoms with Gasteiger partial charge in [-0.05, 0) is 36.2 Å². The van der Waals surface area contributed by atoms with E-state index in [1.165, 1.54) is 0 Å². The molecule has 1 aromatic carbocycles. The SMILES string of the molecule is N#CCCCOc1cccc([C@@H]2NC(=O)c3cccnc3N2)c1. The van der Waals surface area contributed by atoms with Crippen molar-refractivity contribution in [3.05, 3.63) is 53.7 Å². The van der Waals surface area contributed by atoms with Crippen LogP contribution in [0.5, 0.6) is 5.75 Å². The van der Waals surface area contributed by atoms with Gasteiger partial charge in [-0.25, -0.2) is 4.98 Å². The van der Waals surface area contributed by atoms with Gasteiger partial charge in [-0.3, -0.25) is 4.79 Å². The number of pyridine rings is 1. The number of anilines is 1. The molecule has 23 heavy (non-hydrogen) atoms. The van der Waals surface area contributed by atoms with Crippen LogP contribution in [0.4, 0.5) is 5.82 Å². The highest BCUT2D eigenvalue weighted by atomic mass is 16.5. The molecule has 0 fully saturated rings. The zero-order valence-electron chi connectivity index (χ0n) is 12.5. The first kappa shape index (κ1) is 14.9. The Morgan fingerprint density at radius 3 is 3.04 bits per heavy atom. The minimum absolute atomic E-state index is 0.155. The monoisotopic (exact) mass is 308 g/mol. The van der Waals surface area contributed by atoms with Gasteiger partial charge in [-0.2, -0.15) is 5.26 Å². The molecule has 0 radical (unpaired) electrons. The lowest BCUT2D eigenvalue weighted by Crippen LogP contribution is -2.38. The van der Waals surface area contributed by atoms with Gasteiger partial charge in [0.25, 0.3) is 5.91 Å². The van der Waals surface area contributed by atoms with Crippen LogP contribution in [-0.4, -0.2) is 17.5 Å². The molecule has 0 unspecified atom stereocenters. The second kappa shape index (κ2) is 6.79. The maximum atomic E-state index is 12.1. The van der Waals surface area contributed by atoms with Gasteiger partial charge in [0, 0.05) is 12.6 Å². The highest BCUT2D eigenvalue weighted by Crippen LogP contribution is 2.26. The van der Waals surface area contributed by atoms with E-state index in [0.717, 1.165) is 5.56 Å². The summed E-state index contributed by atoms with van der Waals surface area (Å²) in [7, 11) is 0. The van der Waals surface area contributed by atoms with Crippen LogP contribution in [0.25, 0.3) is 0 Å². The van der Waals surface area contributed by atoms with Crippen LogP contribution in [0.3, 0.4) is 0 Å². The topological polar surface area (TPSA) is 87.0 Å². The lowest BCUT2D eigenvalue weighted by molar-refractivity contribution is 0.0935. The Labute approximate surface area is 134 Å². The molecular weight excluding hydrogens is 292 g/mol. The van der Waals surface area contributed by atoms with Gasteiger partial charge in [0.05, 0.1) is 18.2 Å². The standard InChI is InChI=1S/C17H16N4O2/c18-8-1-2-10-23-13-6-3-5-12(11-13)15-20-16-14(17(22)21-15)7-4-9-19-16/h3-7,9,11,15H,1-2,10H2,(H,19,20)(H,21,22)/t15-/m0/s1. The third kappa shape index (κ3) is 3.40. The van der Waals surface area contributed by atoms with Crippen molar-refractivity contribution in [1.82, 2.24) is 10.3 Å².